The summed E-state index contributed by atoms with van der Waals surface area (Å²) in [4.78, 5) is 17.6. The van der Waals surface area contributed by atoms with Crippen molar-refractivity contribution < 1.29 is 9.18 Å². The maximum absolute atomic E-state index is 12.8. The van der Waals surface area contributed by atoms with Crippen molar-refractivity contribution in [3.05, 3.63) is 24.1 Å². The van der Waals surface area contributed by atoms with Crippen LogP contribution in [0.5, 0.6) is 0 Å². The lowest BCUT2D eigenvalue weighted by molar-refractivity contribution is -0.117. The lowest BCUT2D eigenvalue weighted by atomic mass is 10.0. The van der Waals surface area contributed by atoms with E-state index >= 15 is 0 Å². The molecule has 0 bridgehead atoms. The topological polar surface area (TPSA) is 33.2 Å². The van der Waals surface area contributed by atoms with Crippen molar-refractivity contribution in [1.29, 1.82) is 0 Å². The molecule has 0 N–H and O–H groups in total. The quantitative estimate of drug-likeness (QED) is 0.808. The second-order valence-corrected chi connectivity index (χ2v) is 4.92. The van der Waals surface area contributed by atoms with Gasteiger partial charge in [-0.25, -0.2) is 9.37 Å². The molecule has 1 aromatic heterocycles. The number of hydrogen-bond donors (Lipinski definition) is 0. The Labute approximate surface area is 101 Å². The summed E-state index contributed by atoms with van der Waals surface area (Å²) in [6.07, 6.45) is 3.56. The number of hydrogen-bond acceptors (Lipinski definition) is 2. The van der Waals surface area contributed by atoms with Crippen LogP contribution in [0.2, 0.25) is 0 Å². The van der Waals surface area contributed by atoms with Crippen molar-refractivity contribution in [3.63, 3.8) is 0 Å². The maximum Gasteiger partial charge on any atom is 0.228 e. The van der Waals surface area contributed by atoms with E-state index in [1.165, 1.54) is 6.07 Å². The van der Waals surface area contributed by atoms with Crippen LogP contribution in [0.15, 0.2) is 18.3 Å². The molecule has 1 aliphatic rings. The summed E-state index contributed by atoms with van der Waals surface area (Å²) in [6.45, 7) is 4.28. The van der Waals surface area contributed by atoms with Gasteiger partial charge in [-0.3, -0.25) is 9.69 Å². The molecule has 0 saturated carbocycles. The first kappa shape index (κ1) is 12.0. The van der Waals surface area contributed by atoms with Crippen LogP contribution in [0.3, 0.4) is 0 Å². The van der Waals surface area contributed by atoms with Crippen molar-refractivity contribution in [2.75, 3.05) is 4.90 Å². The van der Waals surface area contributed by atoms with Gasteiger partial charge in [0.15, 0.2) is 0 Å². The highest BCUT2D eigenvalue weighted by molar-refractivity contribution is 5.95. The molecule has 1 fully saturated rings. The Morgan fingerprint density at radius 2 is 2.29 bits per heavy atom. The second kappa shape index (κ2) is 4.82. The van der Waals surface area contributed by atoms with Crippen LogP contribution in [0, 0.1) is 11.7 Å². The van der Waals surface area contributed by atoms with E-state index in [1.807, 2.05) is 0 Å². The zero-order chi connectivity index (χ0) is 12.4. The first-order valence-corrected chi connectivity index (χ1v) is 6.01. The van der Waals surface area contributed by atoms with Gasteiger partial charge < -0.3 is 0 Å². The summed E-state index contributed by atoms with van der Waals surface area (Å²) < 4.78 is 12.8. The van der Waals surface area contributed by atoms with E-state index in [0.29, 0.717) is 18.2 Å². The van der Waals surface area contributed by atoms with E-state index in [1.54, 1.807) is 11.0 Å². The number of aromatic nitrogens is 1. The smallest absolute Gasteiger partial charge is 0.228 e. The zero-order valence-electron chi connectivity index (χ0n) is 10.2. The number of anilines is 1. The van der Waals surface area contributed by atoms with Crippen molar-refractivity contribution in [1.82, 2.24) is 4.98 Å². The SMILES string of the molecule is CC(C)CC1CCC(=O)N1c1ccc(F)cn1. The average molecular weight is 236 g/mol. The zero-order valence-corrected chi connectivity index (χ0v) is 10.2. The lowest BCUT2D eigenvalue weighted by Crippen LogP contribution is -2.34. The number of halogens is 1. The van der Waals surface area contributed by atoms with Crippen LogP contribution >= 0.6 is 0 Å². The molecule has 4 heteroatoms. The van der Waals surface area contributed by atoms with Crippen molar-refractivity contribution >= 4 is 11.7 Å². The van der Waals surface area contributed by atoms with Gasteiger partial charge in [-0.05, 0) is 30.9 Å². The molecule has 0 radical (unpaired) electrons. The third-order valence-electron chi connectivity index (χ3n) is 3.03. The van der Waals surface area contributed by atoms with Gasteiger partial charge in [0.1, 0.15) is 11.6 Å². The summed E-state index contributed by atoms with van der Waals surface area (Å²) in [5.41, 5.74) is 0. The monoisotopic (exact) mass is 236 g/mol. The molecule has 0 aliphatic carbocycles. The first-order valence-electron chi connectivity index (χ1n) is 6.01. The molecular weight excluding hydrogens is 219 g/mol. The van der Waals surface area contributed by atoms with Crippen molar-refractivity contribution in [3.8, 4) is 0 Å². The molecule has 2 heterocycles. The number of nitrogens with zero attached hydrogens (tertiary/aromatic N) is 2. The predicted octanol–water partition coefficient (Wildman–Crippen LogP) is 2.76. The number of rotatable bonds is 3. The number of amides is 1. The van der Waals surface area contributed by atoms with E-state index in [2.05, 4.69) is 18.8 Å². The molecule has 0 spiro atoms. The van der Waals surface area contributed by atoms with E-state index in [-0.39, 0.29) is 17.8 Å². The number of carbonyl (C=O) groups is 1. The van der Waals surface area contributed by atoms with Crippen LogP contribution < -0.4 is 4.90 Å². The maximum atomic E-state index is 12.8. The van der Waals surface area contributed by atoms with Gasteiger partial charge in [-0.2, -0.15) is 0 Å². The van der Waals surface area contributed by atoms with E-state index in [9.17, 15) is 9.18 Å². The molecule has 1 saturated heterocycles. The predicted molar refractivity (Wildman–Crippen MR) is 64.2 cm³/mol. The summed E-state index contributed by atoms with van der Waals surface area (Å²) in [6, 6.07) is 3.13. The normalized spacial score (nSPS) is 20.4. The summed E-state index contributed by atoms with van der Waals surface area (Å²) in [5.74, 6) is 0.823. The second-order valence-electron chi connectivity index (χ2n) is 4.92. The Kier molecular flexibility index (Phi) is 3.41. The summed E-state index contributed by atoms with van der Waals surface area (Å²) in [5, 5.41) is 0. The molecule has 17 heavy (non-hydrogen) atoms. The summed E-state index contributed by atoms with van der Waals surface area (Å²) >= 11 is 0. The Bertz CT molecular complexity index is 402. The molecule has 1 aromatic rings. The fraction of sp³-hybridized carbons (Fsp3) is 0.538. The Balaban J connectivity index is 2.21. The molecule has 0 aromatic carbocycles. The molecular formula is C13H17FN2O. The average Bonchev–Trinajstić information content (AvgIpc) is 2.61. The van der Waals surface area contributed by atoms with Gasteiger partial charge in [0.25, 0.3) is 0 Å². The minimum atomic E-state index is -0.374. The van der Waals surface area contributed by atoms with Gasteiger partial charge in [-0.15, -0.1) is 0 Å². The molecule has 1 aliphatic heterocycles. The van der Waals surface area contributed by atoms with Crippen molar-refractivity contribution in [2.45, 2.75) is 39.2 Å². The standard InChI is InChI=1S/C13H17FN2O/c1-9(2)7-11-4-6-13(17)16(11)12-5-3-10(14)8-15-12/h3,5,8-9,11H,4,6-7H2,1-2H3. The largest absolute Gasteiger partial charge is 0.294 e. The highest BCUT2D eigenvalue weighted by Gasteiger charge is 2.33. The molecule has 92 valence electrons. The molecule has 2 rings (SSSR count). The molecule has 1 amide bonds. The van der Waals surface area contributed by atoms with Gasteiger partial charge in [0, 0.05) is 12.5 Å². The van der Waals surface area contributed by atoms with Crippen LogP contribution in [0.1, 0.15) is 33.1 Å². The van der Waals surface area contributed by atoms with Crippen LogP contribution in [0.4, 0.5) is 10.2 Å². The van der Waals surface area contributed by atoms with Crippen LogP contribution in [-0.4, -0.2) is 16.9 Å². The summed E-state index contributed by atoms with van der Waals surface area (Å²) in [7, 11) is 0. The van der Waals surface area contributed by atoms with Crippen LogP contribution in [-0.2, 0) is 4.79 Å². The van der Waals surface area contributed by atoms with E-state index < -0.39 is 0 Å². The van der Waals surface area contributed by atoms with E-state index in [0.717, 1.165) is 19.0 Å². The minimum absolute atomic E-state index is 0.0924. The molecule has 1 unspecified atom stereocenters. The molecule has 3 nitrogen and oxygen atoms in total. The van der Waals surface area contributed by atoms with Crippen molar-refractivity contribution in [2.24, 2.45) is 5.92 Å². The fourth-order valence-electron chi connectivity index (χ4n) is 2.34. The van der Waals surface area contributed by atoms with E-state index in [4.69, 9.17) is 0 Å². The molecule has 1 atom stereocenters. The highest BCUT2D eigenvalue weighted by Crippen LogP contribution is 2.28. The van der Waals surface area contributed by atoms with Crippen LogP contribution in [0.25, 0.3) is 0 Å². The fourth-order valence-corrected chi connectivity index (χ4v) is 2.34. The number of pyridine rings is 1. The van der Waals surface area contributed by atoms with Gasteiger partial charge in [0.05, 0.1) is 6.20 Å². The highest BCUT2D eigenvalue weighted by atomic mass is 19.1. The lowest BCUT2D eigenvalue weighted by Gasteiger charge is -2.25. The minimum Gasteiger partial charge on any atom is -0.294 e. The number of carbonyl (C=O) groups excluding carboxylic acids is 1. The van der Waals surface area contributed by atoms with Gasteiger partial charge in [0.2, 0.25) is 5.91 Å². The third kappa shape index (κ3) is 2.62. The van der Waals surface area contributed by atoms with Gasteiger partial charge >= 0.3 is 0 Å². The Morgan fingerprint density at radius 3 is 2.88 bits per heavy atom. The Hall–Kier alpha value is -1.45. The van der Waals surface area contributed by atoms with Gasteiger partial charge in [-0.1, -0.05) is 13.8 Å². The Morgan fingerprint density at radius 1 is 1.53 bits per heavy atom. The first-order chi connectivity index (χ1) is 8.08. The third-order valence-corrected chi connectivity index (χ3v) is 3.03.